The summed E-state index contributed by atoms with van der Waals surface area (Å²) < 4.78 is 5.76. The average molecular weight is 479 g/mol. The van der Waals surface area contributed by atoms with Crippen LogP contribution in [0.4, 0.5) is 5.69 Å². The summed E-state index contributed by atoms with van der Waals surface area (Å²) in [4.78, 5) is 38.1. The van der Waals surface area contributed by atoms with Crippen molar-refractivity contribution in [3.05, 3.63) is 58.6 Å². The second-order valence-corrected chi connectivity index (χ2v) is 8.29. The molecule has 2 aromatic rings. The third kappa shape index (κ3) is 6.90. The van der Waals surface area contributed by atoms with Gasteiger partial charge in [-0.3, -0.25) is 9.59 Å². The van der Waals surface area contributed by atoms with E-state index in [0.29, 0.717) is 15.7 Å². The maximum Gasteiger partial charge on any atom is 0.329 e. The van der Waals surface area contributed by atoms with Crippen LogP contribution >= 0.6 is 27.7 Å². The quantitative estimate of drug-likeness (QED) is 0.440. The number of ether oxygens (including phenoxy) is 1. The van der Waals surface area contributed by atoms with Gasteiger partial charge in [0, 0.05) is 15.1 Å². The largest absolute Gasteiger partial charge is 0.454 e. The number of nitrogens with one attached hydrogen (secondary N) is 2. The lowest BCUT2D eigenvalue weighted by Gasteiger charge is -2.21. The lowest BCUT2D eigenvalue weighted by molar-refractivity contribution is -0.150. The van der Waals surface area contributed by atoms with Gasteiger partial charge < -0.3 is 15.4 Å². The Morgan fingerprint density at radius 2 is 1.72 bits per heavy atom. The van der Waals surface area contributed by atoms with Crippen LogP contribution in [0.1, 0.15) is 24.2 Å². The Morgan fingerprint density at radius 3 is 2.31 bits per heavy atom. The van der Waals surface area contributed by atoms with E-state index in [1.54, 1.807) is 62.0 Å². The van der Waals surface area contributed by atoms with E-state index >= 15 is 0 Å². The molecule has 2 N–H and O–H groups in total. The van der Waals surface area contributed by atoms with Crippen molar-refractivity contribution in [3.63, 3.8) is 0 Å². The van der Waals surface area contributed by atoms with Crippen LogP contribution in [0.15, 0.2) is 57.9 Å². The first-order valence-electron chi connectivity index (χ1n) is 8.97. The van der Waals surface area contributed by atoms with Crippen molar-refractivity contribution in [2.75, 3.05) is 18.2 Å². The summed E-state index contributed by atoms with van der Waals surface area (Å²) >= 11 is 4.92. The van der Waals surface area contributed by atoms with E-state index in [2.05, 4.69) is 26.6 Å². The van der Waals surface area contributed by atoms with Crippen LogP contribution in [0.25, 0.3) is 0 Å². The maximum absolute atomic E-state index is 12.5. The normalized spacial score (nSPS) is 11.6. The number of carbonyl (C=O) groups excluding carboxylic acids is 3. The first-order chi connectivity index (χ1) is 13.8. The van der Waals surface area contributed by atoms with Crippen LogP contribution in [-0.4, -0.2) is 36.7 Å². The molecule has 0 saturated heterocycles. The van der Waals surface area contributed by atoms with Gasteiger partial charge in [-0.25, -0.2) is 4.79 Å². The summed E-state index contributed by atoms with van der Waals surface area (Å²) in [5.74, 6) is -1.72. The molecule has 2 rings (SSSR count). The highest BCUT2D eigenvalue weighted by Gasteiger charge is 2.27. The fourth-order valence-electron chi connectivity index (χ4n) is 2.46. The highest BCUT2D eigenvalue weighted by Crippen LogP contribution is 2.18. The van der Waals surface area contributed by atoms with E-state index in [-0.39, 0.29) is 5.92 Å². The van der Waals surface area contributed by atoms with Gasteiger partial charge in [0.05, 0.1) is 5.56 Å². The molecule has 0 spiro atoms. The Labute approximate surface area is 182 Å². The van der Waals surface area contributed by atoms with E-state index in [9.17, 15) is 14.4 Å². The van der Waals surface area contributed by atoms with Gasteiger partial charge in [0.15, 0.2) is 6.61 Å². The van der Waals surface area contributed by atoms with Crippen molar-refractivity contribution in [2.45, 2.75) is 24.8 Å². The molecule has 1 atom stereocenters. The molecule has 2 aromatic carbocycles. The van der Waals surface area contributed by atoms with Crippen molar-refractivity contribution in [1.82, 2.24) is 5.32 Å². The zero-order valence-electron chi connectivity index (χ0n) is 16.4. The molecule has 0 fully saturated rings. The van der Waals surface area contributed by atoms with Crippen LogP contribution < -0.4 is 10.6 Å². The number of halogens is 1. The Morgan fingerprint density at radius 1 is 1.07 bits per heavy atom. The number of benzene rings is 2. The summed E-state index contributed by atoms with van der Waals surface area (Å²) in [6.45, 7) is 3.15. The van der Waals surface area contributed by atoms with E-state index in [1.807, 2.05) is 18.4 Å². The molecule has 6 nitrogen and oxygen atoms in total. The number of hydrogen-bond acceptors (Lipinski definition) is 5. The number of amides is 2. The fraction of sp³-hybridized carbons (Fsp3) is 0.286. The fourth-order valence-corrected chi connectivity index (χ4v) is 3.33. The molecule has 2 amide bonds. The Kier molecular flexibility index (Phi) is 8.72. The summed E-state index contributed by atoms with van der Waals surface area (Å²) in [7, 11) is 0. The molecule has 0 heterocycles. The molecular formula is C21H23BrN2O4S. The molecule has 0 saturated carbocycles. The van der Waals surface area contributed by atoms with Crippen LogP contribution in [0.5, 0.6) is 0 Å². The first-order valence-corrected chi connectivity index (χ1v) is 11.0. The molecule has 0 aromatic heterocycles. The highest BCUT2D eigenvalue weighted by molar-refractivity contribution is 9.10. The maximum atomic E-state index is 12.5. The van der Waals surface area contributed by atoms with Gasteiger partial charge in [-0.15, -0.1) is 11.8 Å². The number of anilines is 1. The summed E-state index contributed by atoms with van der Waals surface area (Å²) in [6, 6.07) is 13.4. The monoisotopic (exact) mass is 478 g/mol. The van der Waals surface area contributed by atoms with E-state index in [1.165, 1.54) is 0 Å². The third-order valence-electron chi connectivity index (χ3n) is 4.04. The second kappa shape index (κ2) is 11.0. The predicted octanol–water partition coefficient (Wildman–Crippen LogP) is 4.11. The molecular weight excluding hydrogens is 456 g/mol. The Bertz CT molecular complexity index is 871. The molecule has 29 heavy (non-hydrogen) atoms. The highest BCUT2D eigenvalue weighted by atomic mass is 79.9. The standard InChI is InChI=1S/C21H23BrN2O4S/c1-13(2)19(24-20(26)16-6-4-5-7-17(16)22)21(27)28-12-18(25)23-14-8-10-15(29-3)11-9-14/h4-11,13,19H,12H2,1-3H3,(H,23,25)(H,24,26)/t19-/m0/s1. The zero-order valence-corrected chi connectivity index (χ0v) is 18.8. The molecule has 0 bridgehead atoms. The Hall–Kier alpha value is -2.32. The van der Waals surface area contributed by atoms with Crippen LogP contribution in [0.3, 0.4) is 0 Å². The summed E-state index contributed by atoms with van der Waals surface area (Å²) in [5.41, 5.74) is 1.03. The zero-order chi connectivity index (χ0) is 21.4. The van der Waals surface area contributed by atoms with Crippen LogP contribution in [0.2, 0.25) is 0 Å². The van der Waals surface area contributed by atoms with E-state index < -0.39 is 30.4 Å². The van der Waals surface area contributed by atoms with Crippen molar-refractivity contribution >= 4 is 51.2 Å². The lowest BCUT2D eigenvalue weighted by atomic mass is 10.0. The van der Waals surface area contributed by atoms with Crippen molar-refractivity contribution in [2.24, 2.45) is 5.92 Å². The minimum absolute atomic E-state index is 0.212. The molecule has 154 valence electrons. The van der Waals surface area contributed by atoms with Crippen LogP contribution in [-0.2, 0) is 14.3 Å². The first kappa shape index (κ1) is 23.0. The van der Waals surface area contributed by atoms with Crippen molar-refractivity contribution in [1.29, 1.82) is 0 Å². The van der Waals surface area contributed by atoms with Crippen molar-refractivity contribution in [3.8, 4) is 0 Å². The van der Waals surface area contributed by atoms with Gasteiger partial charge in [0.2, 0.25) is 0 Å². The molecule has 0 aliphatic carbocycles. The summed E-state index contributed by atoms with van der Waals surface area (Å²) in [5, 5.41) is 5.35. The number of rotatable bonds is 8. The van der Waals surface area contributed by atoms with Gasteiger partial charge in [-0.05, 0) is 64.5 Å². The molecule has 0 unspecified atom stereocenters. The molecule has 0 aliphatic rings. The number of esters is 1. The molecule has 0 aliphatic heterocycles. The van der Waals surface area contributed by atoms with Gasteiger partial charge >= 0.3 is 5.97 Å². The van der Waals surface area contributed by atoms with Crippen LogP contribution in [0, 0.1) is 5.92 Å². The van der Waals surface area contributed by atoms with Gasteiger partial charge in [0.1, 0.15) is 6.04 Å². The number of carbonyl (C=O) groups is 3. The number of thioether (sulfide) groups is 1. The van der Waals surface area contributed by atoms with Crippen molar-refractivity contribution < 1.29 is 19.1 Å². The lowest BCUT2D eigenvalue weighted by Crippen LogP contribution is -2.46. The van der Waals surface area contributed by atoms with Gasteiger partial charge in [-0.2, -0.15) is 0 Å². The topological polar surface area (TPSA) is 84.5 Å². The minimum atomic E-state index is -0.872. The third-order valence-corrected chi connectivity index (χ3v) is 5.48. The summed E-state index contributed by atoms with van der Waals surface area (Å²) in [6.07, 6.45) is 1.97. The van der Waals surface area contributed by atoms with Gasteiger partial charge in [0.25, 0.3) is 11.8 Å². The average Bonchev–Trinajstić information content (AvgIpc) is 2.70. The smallest absolute Gasteiger partial charge is 0.329 e. The minimum Gasteiger partial charge on any atom is -0.454 e. The predicted molar refractivity (Wildman–Crippen MR) is 118 cm³/mol. The van der Waals surface area contributed by atoms with E-state index in [4.69, 9.17) is 4.74 Å². The SMILES string of the molecule is CSc1ccc(NC(=O)COC(=O)[C@@H](NC(=O)c2ccccc2Br)C(C)C)cc1. The van der Waals surface area contributed by atoms with Gasteiger partial charge in [-0.1, -0.05) is 26.0 Å². The Balaban J connectivity index is 1.92. The number of hydrogen-bond donors (Lipinski definition) is 2. The molecule has 0 radical (unpaired) electrons. The van der Waals surface area contributed by atoms with E-state index in [0.717, 1.165) is 4.90 Å². The second-order valence-electron chi connectivity index (χ2n) is 6.56. The molecule has 8 heteroatoms.